The maximum absolute atomic E-state index is 12.7. The average Bonchev–Trinajstić information content (AvgIpc) is 3.10. The summed E-state index contributed by atoms with van der Waals surface area (Å²) < 4.78 is 1.42. The van der Waals surface area contributed by atoms with Crippen LogP contribution in [0.25, 0.3) is 5.69 Å². The van der Waals surface area contributed by atoms with E-state index in [2.05, 4.69) is 15.6 Å². The molecule has 0 fully saturated rings. The van der Waals surface area contributed by atoms with Crippen molar-refractivity contribution in [1.82, 2.24) is 25.2 Å². The lowest BCUT2D eigenvalue weighted by Gasteiger charge is -2.25. The topological polar surface area (TPSA) is 106 Å². The van der Waals surface area contributed by atoms with E-state index in [4.69, 9.17) is 0 Å². The van der Waals surface area contributed by atoms with Crippen LogP contribution in [0.3, 0.4) is 0 Å². The number of rotatable bonds is 7. The van der Waals surface area contributed by atoms with Crippen molar-refractivity contribution in [2.45, 2.75) is 13.0 Å². The third-order valence-corrected chi connectivity index (χ3v) is 4.66. The van der Waals surface area contributed by atoms with Crippen LogP contribution in [0.1, 0.15) is 27.8 Å². The summed E-state index contributed by atoms with van der Waals surface area (Å²) in [6, 6.07) is 15.9. The highest BCUT2D eigenvalue weighted by Gasteiger charge is 2.21. The summed E-state index contributed by atoms with van der Waals surface area (Å²) in [4.78, 5) is 25.2. The molecule has 0 aliphatic carbocycles. The molecule has 1 atom stereocenters. The number of nitrogens with zero attached hydrogens (tertiary/aromatic N) is 5. The molecule has 3 aromatic rings. The number of hydrogen-bond acceptors (Lipinski definition) is 6. The third kappa shape index (κ3) is 4.46. The van der Waals surface area contributed by atoms with E-state index in [1.165, 1.54) is 16.8 Å². The number of non-ortho nitro benzene ring substituents is 1. The fourth-order valence-corrected chi connectivity index (χ4v) is 3.07. The third-order valence-electron chi connectivity index (χ3n) is 4.66. The van der Waals surface area contributed by atoms with Crippen molar-refractivity contribution in [2.24, 2.45) is 0 Å². The fraction of sp³-hybridized carbons (Fsp3) is 0.250. The van der Waals surface area contributed by atoms with E-state index in [-0.39, 0.29) is 23.3 Å². The van der Waals surface area contributed by atoms with Gasteiger partial charge in [0.2, 0.25) is 0 Å². The second kappa shape index (κ2) is 8.61. The highest BCUT2D eigenvalue weighted by molar-refractivity contribution is 5.93. The van der Waals surface area contributed by atoms with Crippen molar-refractivity contribution in [1.29, 1.82) is 0 Å². The number of amides is 1. The standard InChI is InChI=1S/C20H22N6O3/c1-14-19(22-23-25(14)16-10-7-11-17(12-16)26(28)29)20(27)21-13-18(24(2)3)15-8-5-4-6-9-15/h4-12,18H,13H2,1-3H3,(H,21,27). The van der Waals surface area contributed by atoms with Crippen LogP contribution < -0.4 is 5.32 Å². The van der Waals surface area contributed by atoms with E-state index in [0.29, 0.717) is 17.9 Å². The lowest BCUT2D eigenvalue weighted by molar-refractivity contribution is -0.384. The maximum Gasteiger partial charge on any atom is 0.273 e. The summed E-state index contributed by atoms with van der Waals surface area (Å²) in [6.45, 7) is 2.10. The smallest absolute Gasteiger partial charge is 0.273 e. The highest BCUT2D eigenvalue weighted by Crippen LogP contribution is 2.19. The van der Waals surface area contributed by atoms with Gasteiger partial charge in [0.1, 0.15) is 0 Å². The van der Waals surface area contributed by atoms with Gasteiger partial charge in [0.25, 0.3) is 11.6 Å². The number of nitro groups is 1. The first kappa shape index (κ1) is 20.2. The molecular formula is C20H22N6O3. The molecule has 29 heavy (non-hydrogen) atoms. The Morgan fingerprint density at radius 1 is 1.21 bits per heavy atom. The molecule has 0 saturated carbocycles. The quantitative estimate of drug-likeness (QED) is 0.487. The number of nitrogens with one attached hydrogen (secondary N) is 1. The molecule has 9 nitrogen and oxygen atoms in total. The van der Waals surface area contributed by atoms with Crippen molar-refractivity contribution in [3.63, 3.8) is 0 Å². The molecule has 0 aliphatic heterocycles. The number of aromatic nitrogens is 3. The summed E-state index contributed by atoms with van der Waals surface area (Å²) >= 11 is 0. The summed E-state index contributed by atoms with van der Waals surface area (Å²) in [5.74, 6) is -0.345. The number of carbonyl (C=O) groups is 1. The molecule has 1 unspecified atom stereocenters. The molecule has 2 aromatic carbocycles. The Labute approximate surface area is 168 Å². The van der Waals surface area contributed by atoms with Crippen LogP contribution in [0.4, 0.5) is 5.69 Å². The van der Waals surface area contributed by atoms with Crippen LogP contribution in [0.15, 0.2) is 54.6 Å². The minimum absolute atomic E-state index is 0.00674. The van der Waals surface area contributed by atoms with Gasteiger partial charge in [0, 0.05) is 18.7 Å². The van der Waals surface area contributed by atoms with Gasteiger partial charge in [-0.1, -0.05) is 41.6 Å². The van der Waals surface area contributed by atoms with Gasteiger partial charge in [-0.2, -0.15) is 0 Å². The predicted octanol–water partition coefficient (Wildman–Crippen LogP) is 2.52. The predicted molar refractivity (Wildman–Crippen MR) is 108 cm³/mol. The highest BCUT2D eigenvalue weighted by atomic mass is 16.6. The Balaban J connectivity index is 1.77. The molecule has 0 bridgehead atoms. The van der Waals surface area contributed by atoms with E-state index in [1.54, 1.807) is 19.1 Å². The van der Waals surface area contributed by atoms with Crippen LogP contribution in [0.2, 0.25) is 0 Å². The Morgan fingerprint density at radius 3 is 2.59 bits per heavy atom. The Bertz CT molecular complexity index is 1020. The van der Waals surface area contributed by atoms with Crippen LogP contribution in [-0.4, -0.2) is 51.4 Å². The maximum atomic E-state index is 12.7. The van der Waals surface area contributed by atoms with Crippen molar-refractivity contribution < 1.29 is 9.72 Å². The summed E-state index contributed by atoms with van der Waals surface area (Å²) in [5.41, 5.74) is 2.19. The lowest BCUT2D eigenvalue weighted by atomic mass is 10.1. The second-order valence-corrected chi connectivity index (χ2v) is 6.81. The molecule has 0 spiro atoms. The average molecular weight is 394 g/mol. The molecular weight excluding hydrogens is 372 g/mol. The number of nitro benzene ring substituents is 1. The molecule has 150 valence electrons. The zero-order valence-electron chi connectivity index (χ0n) is 16.4. The van der Waals surface area contributed by atoms with E-state index in [0.717, 1.165) is 5.56 Å². The van der Waals surface area contributed by atoms with Crippen LogP contribution >= 0.6 is 0 Å². The van der Waals surface area contributed by atoms with E-state index in [9.17, 15) is 14.9 Å². The van der Waals surface area contributed by atoms with Gasteiger partial charge in [-0.15, -0.1) is 5.10 Å². The first-order chi connectivity index (χ1) is 13.9. The Hall–Kier alpha value is -3.59. The second-order valence-electron chi connectivity index (χ2n) is 6.81. The first-order valence-corrected chi connectivity index (χ1v) is 9.05. The first-order valence-electron chi connectivity index (χ1n) is 9.05. The molecule has 0 radical (unpaired) electrons. The number of likely N-dealkylation sites (N-methyl/N-ethyl adjacent to an activating group) is 1. The van der Waals surface area contributed by atoms with Gasteiger partial charge in [-0.3, -0.25) is 14.9 Å². The molecule has 3 rings (SSSR count). The molecule has 1 amide bonds. The van der Waals surface area contributed by atoms with E-state index >= 15 is 0 Å². The number of benzene rings is 2. The molecule has 1 heterocycles. The van der Waals surface area contributed by atoms with Gasteiger partial charge < -0.3 is 10.2 Å². The van der Waals surface area contributed by atoms with Gasteiger partial charge in [0.15, 0.2) is 5.69 Å². The van der Waals surface area contributed by atoms with Crippen LogP contribution in [0, 0.1) is 17.0 Å². The van der Waals surface area contributed by atoms with Gasteiger partial charge in [0.05, 0.1) is 22.3 Å². The van der Waals surface area contributed by atoms with Crippen molar-refractivity contribution >= 4 is 11.6 Å². The molecule has 9 heteroatoms. The lowest BCUT2D eigenvalue weighted by Crippen LogP contribution is -2.35. The zero-order valence-corrected chi connectivity index (χ0v) is 16.4. The van der Waals surface area contributed by atoms with Gasteiger partial charge >= 0.3 is 0 Å². The Morgan fingerprint density at radius 2 is 1.93 bits per heavy atom. The van der Waals surface area contributed by atoms with Crippen molar-refractivity contribution in [3.05, 3.63) is 81.7 Å². The van der Waals surface area contributed by atoms with Crippen LogP contribution in [-0.2, 0) is 0 Å². The van der Waals surface area contributed by atoms with Crippen molar-refractivity contribution in [2.75, 3.05) is 20.6 Å². The molecule has 1 N–H and O–H groups in total. The minimum Gasteiger partial charge on any atom is -0.349 e. The van der Waals surface area contributed by atoms with Gasteiger partial charge in [-0.05, 0) is 32.6 Å². The molecule has 0 saturated heterocycles. The Kier molecular flexibility index (Phi) is 5.99. The number of hydrogen-bond donors (Lipinski definition) is 1. The van der Waals surface area contributed by atoms with Crippen molar-refractivity contribution in [3.8, 4) is 5.69 Å². The number of carbonyl (C=O) groups excluding carboxylic acids is 1. The molecule has 0 aliphatic rings. The van der Waals surface area contributed by atoms with Crippen LogP contribution in [0.5, 0.6) is 0 Å². The summed E-state index contributed by atoms with van der Waals surface area (Å²) in [7, 11) is 3.90. The largest absolute Gasteiger partial charge is 0.349 e. The summed E-state index contributed by atoms with van der Waals surface area (Å²) in [6.07, 6.45) is 0. The van der Waals surface area contributed by atoms with E-state index in [1.807, 2.05) is 49.3 Å². The normalized spacial score (nSPS) is 12.0. The van der Waals surface area contributed by atoms with Gasteiger partial charge in [-0.25, -0.2) is 4.68 Å². The fourth-order valence-electron chi connectivity index (χ4n) is 3.07. The monoisotopic (exact) mass is 394 g/mol. The minimum atomic E-state index is -0.478. The zero-order chi connectivity index (χ0) is 21.0. The van der Waals surface area contributed by atoms with E-state index < -0.39 is 4.92 Å². The SMILES string of the molecule is Cc1c(C(=O)NCC(c2ccccc2)N(C)C)nnn1-c1cccc([N+](=O)[O-])c1. The molecule has 1 aromatic heterocycles. The summed E-state index contributed by atoms with van der Waals surface area (Å²) in [5, 5.41) is 21.9.